The molecule has 2 rings (SSSR count). The Bertz CT molecular complexity index is 512. The summed E-state index contributed by atoms with van der Waals surface area (Å²) in [5.41, 5.74) is 2.20. The van der Waals surface area contributed by atoms with E-state index < -0.39 is 11.9 Å². The van der Waals surface area contributed by atoms with Gasteiger partial charge in [0.1, 0.15) is 0 Å². The second-order valence-electron chi connectivity index (χ2n) is 5.57. The van der Waals surface area contributed by atoms with Crippen LogP contribution in [-0.4, -0.2) is 17.0 Å². The molecular weight excluding hydrogens is 254 g/mol. The fourth-order valence-corrected chi connectivity index (χ4v) is 3.04. The topological polar surface area (TPSA) is 66.4 Å². The van der Waals surface area contributed by atoms with E-state index in [0.717, 1.165) is 17.5 Å². The van der Waals surface area contributed by atoms with E-state index in [1.165, 1.54) is 0 Å². The largest absolute Gasteiger partial charge is 0.481 e. The number of nitrogens with one attached hydrogen (secondary N) is 1. The number of carboxylic acids is 1. The summed E-state index contributed by atoms with van der Waals surface area (Å²) in [6.07, 6.45) is 2.09. The number of aliphatic carboxylic acids is 1. The summed E-state index contributed by atoms with van der Waals surface area (Å²) in [5.74, 6) is -1.91. The van der Waals surface area contributed by atoms with Gasteiger partial charge in [0, 0.05) is 0 Å². The van der Waals surface area contributed by atoms with E-state index >= 15 is 0 Å². The van der Waals surface area contributed by atoms with Crippen LogP contribution in [0.3, 0.4) is 0 Å². The zero-order chi connectivity index (χ0) is 14.7. The molecule has 0 aliphatic heterocycles. The first-order valence-corrected chi connectivity index (χ1v) is 7.09. The summed E-state index contributed by atoms with van der Waals surface area (Å²) in [6, 6.07) is 7.81. The number of rotatable bonds is 4. The van der Waals surface area contributed by atoms with E-state index in [-0.39, 0.29) is 17.9 Å². The summed E-state index contributed by atoms with van der Waals surface area (Å²) < 4.78 is 0. The van der Waals surface area contributed by atoms with Gasteiger partial charge in [0.05, 0.1) is 17.9 Å². The number of benzene rings is 1. The quantitative estimate of drug-likeness (QED) is 0.887. The predicted octanol–water partition coefficient (Wildman–Crippen LogP) is 2.67. The highest BCUT2D eigenvalue weighted by atomic mass is 16.4. The first-order valence-electron chi connectivity index (χ1n) is 7.09. The Labute approximate surface area is 119 Å². The van der Waals surface area contributed by atoms with E-state index in [4.69, 9.17) is 5.11 Å². The third-order valence-corrected chi connectivity index (χ3v) is 4.18. The molecule has 1 aliphatic rings. The molecule has 4 nitrogen and oxygen atoms in total. The lowest BCUT2D eigenvalue weighted by Gasteiger charge is -2.21. The van der Waals surface area contributed by atoms with Crippen molar-refractivity contribution in [2.24, 2.45) is 11.8 Å². The summed E-state index contributed by atoms with van der Waals surface area (Å²) in [4.78, 5) is 23.4. The van der Waals surface area contributed by atoms with Crippen molar-refractivity contribution in [2.45, 2.75) is 39.2 Å². The van der Waals surface area contributed by atoms with Crippen LogP contribution in [0.15, 0.2) is 24.3 Å². The van der Waals surface area contributed by atoms with Gasteiger partial charge in [-0.25, -0.2) is 0 Å². The third-order valence-electron chi connectivity index (χ3n) is 4.18. The minimum absolute atomic E-state index is 0.0984. The number of amides is 1. The molecule has 3 atom stereocenters. The number of carboxylic acid groups (broad SMARTS) is 1. The molecule has 1 aromatic carbocycles. The van der Waals surface area contributed by atoms with Crippen LogP contribution in [0.1, 0.15) is 43.4 Å². The Balaban J connectivity index is 2.04. The molecule has 1 fully saturated rings. The molecule has 1 saturated carbocycles. The van der Waals surface area contributed by atoms with Crippen LogP contribution >= 0.6 is 0 Å². The maximum absolute atomic E-state index is 12.3. The van der Waals surface area contributed by atoms with Crippen molar-refractivity contribution in [2.75, 3.05) is 0 Å². The molecule has 108 valence electrons. The van der Waals surface area contributed by atoms with Gasteiger partial charge in [0.25, 0.3) is 0 Å². The van der Waals surface area contributed by atoms with Gasteiger partial charge in [-0.1, -0.05) is 30.7 Å². The fourth-order valence-electron chi connectivity index (χ4n) is 3.04. The van der Waals surface area contributed by atoms with E-state index in [1.54, 1.807) is 0 Å². The second kappa shape index (κ2) is 6.07. The van der Waals surface area contributed by atoms with Crippen molar-refractivity contribution < 1.29 is 14.7 Å². The number of hydrogen-bond acceptors (Lipinski definition) is 2. The number of aryl methyl sites for hydroxylation is 1. The fraction of sp³-hybridized carbons (Fsp3) is 0.500. The van der Waals surface area contributed by atoms with Gasteiger partial charge in [-0.15, -0.1) is 0 Å². The van der Waals surface area contributed by atoms with Gasteiger partial charge in [0.15, 0.2) is 0 Å². The molecular formula is C16H21NO3. The number of hydrogen-bond donors (Lipinski definition) is 2. The normalized spacial score (nSPS) is 23.3. The Hall–Kier alpha value is -1.84. The average molecular weight is 275 g/mol. The van der Waals surface area contributed by atoms with E-state index in [9.17, 15) is 9.59 Å². The van der Waals surface area contributed by atoms with Gasteiger partial charge in [-0.05, 0) is 37.8 Å². The molecule has 4 heteroatoms. The minimum atomic E-state index is -0.855. The lowest BCUT2D eigenvalue weighted by Crippen LogP contribution is -2.36. The Kier molecular flexibility index (Phi) is 4.42. The van der Waals surface area contributed by atoms with Crippen molar-refractivity contribution in [1.29, 1.82) is 0 Å². The average Bonchev–Trinajstić information content (AvgIpc) is 2.88. The molecule has 0 aromatic heterocycles. The number of carbonyl (C=O) groups excluding carboxylic acids is 1. The molecule has 0 spiro atoms. The van der Waals surface area contributed by atoms with Crippen LogP contribution in [0.4, 0.5) is 0 Å². The zero-order valence-corrected chi connectivity index (χ0v) is 11.9. The summed E-state index contributed by atoms with van der Waals surface area (Å²) in [7, 11) is 0. The Morgan fingerprint density at radius 3 is 2.55 bits per heavy atom. The van der Waals surface area contributed by atoms with E-state index in [1.807, 2.05) is 38.1 Å². The Morgan fingerprint density at radius 1 is 1.25 bits per heavy atom. The van der Waals surface area contributed by atoms with Crippen molar-refractivity contribution in [3.63, 3.8) is 0 Å². The first kappa shape index (κ1) is 14.6. The Morgan fingerprint density at radius 2 is 1.90 bits per heavy atom. The van der Waals surface area contributed by atoms with Crippen molar-refractivity contribution in [3.05, 3.63) is 35.4 Å². The van der Waals surface area contributed by atoms with Crippen LogP contribution in [0, 0.1) is 18.8 Å². The van der Waals surface area contributed by atoms with Gasteiger partial charge in [-0.3, -0.25) is 9.59 Å². The summed E-state index contributed by atoms with van der Waals surface area (Å²) in [6.45, 7) is 3.94. The maximum atomic E-state index is 12.3. The van der Waals surface area contributed by atoms with E-state index in [0.29, 0.717) is 12.8 Å². The van der Waals surface area contributed by atoms with Gasteiger partial charge < -0.3 is 10.4 Å². The smallest absolute Gasteiger partial charge is 0.307 e. The molecule has 3 unspecified atom stereocenters. The molecule has 0 bridgehead atoms. The van der Waals surface area contributed by atoms with Gasteiger partial charge in [0.2, 0.25) is 5.91 Å². The minimum Gasteiger partial charge on any atom is -0.481 e. The van der Waals surface area contributed by atoms with Crippen molar-refractivity contribution >= 4 is 11.9 Å². The van der Waals surface area contributed by atoms with Gasteiger partial charge >= 0.3 is 5.97 Å². The first-order chi connectivity index (χ1) is 9.50. The summed E-state index contributed by atoms with van der Waals surface area (Å²) >= 11 is 0. The molecule has 0 radical (unpaired) electrons. The third kappa shape index (κ3) is 3.00. The SMILES string of the molecule is Cc1ccccc1C(C)NC(=O)C1CCCC1C(=O)O. The lowest BCUT2D eigenvalue weighted by molar-refractivity contribution is -0.146. The standard InChI is InChI=1S/C16H21NO3/c1-10-6-3-4-7-12(10)11(2)17-15(18)13-8-5-9-14(13)16(19)20/h3-4,6-7,11,13-14H,5,8-9H2,1-2H3,(H,17,18)(H,19,20). The molecule has 20 heavy (non-hydrogen) atoms. The van der Waals surface area contributed by atoms with Crippen LogP contribution in [-0.2, 0) is 9.59 Å². The molecule has 1 aliphatic carbocycles. The molecule has 1 aromatic rings. The number of carbonyl (C=O) groups is 2. The molecule has 0 heterocycles. The predicted molar refractivity (Wildman–Crippen MR) is 76.2 cm³/mol. The summed E-state index contributed by atoms with van der Waals surface area (Å²) in [5, 5.41) is 12.1. The molecule has 2 N–H and O–H groups in total. The highest BCUT2D eigenvalue weighted by Gasteiger charge is 2.38. The highest BCUT2D eigenvalue weighted by molar-refractivity contribution is 5.85. The van der Waals surface area contributed by atoms with Crippen LogP contribution in [0.2, 0.25) is 0 Å². The van der Waals surface area contributed by atoms with Crippen LogP contribution in [0.25, 0.3) is 0 Å². The highest BCUT2D eigenvalue weighted by Crippen LogP contribution is 2.32. The van der Waals surface area contributed by atoms with E-state index in [2.05, 4.69) is 5.32 Å². The second-order valence-corrected chi connectivity index (χ2v) is 5.57. The molecule has 0 saturated heterocycles. The zero-order valence-electron chi connectivity index (χ0n) is 11.9. The molecule has 1 amide bonds. The maximum Gasteiger partial charge on any atom is 0.307 e. The van der Waals surface area contributed by atoms with Gasteiger partial charge in [-0.2, -0.15) is 0 Å². The van der Waals surface area contributed by atoms with Crippen LogP contribution < -0.4 is 5.32 Å². The monoisotopic (exact) mass is 275 g/mol. The van der Waals surface area contributed by atoms with Crippen molar-refractivity contribution in [3.8, 4) is 0 Å². The lowest BCUT2D eigenvalue weighted by atomic mass is 9.94. The van der Waals surface area contributed by atoms with Crippen molar-refractivity contribution in [1.82, 2.24) is 5.32 Å². The van der Waals surface area contributed by atoms with Crippen LogP contribution in [0.5, 0.6) is 0 Å².